The van der Waals surface area contributed by atoms with E-state index in [4.69, 9.17) is 5.73 Å². The Kier molecular flexibility index (Phi) is 6.19. The molecule has 0 aliphatic carbocycles. The van der Waals surface area contributed by atoms with Crippen LogP contribution >= 0.6 is 0 Å². The third-order valence-corrected chi connectivity index (χ3v) is 2.08. The van der Waals surface area contributed by atoms with Crippen LogP contribution in [0.4, 0.5) is 0 Å². The Morgan fingerprint density at radius 1 is 1.00 bits per heavy atom. The molecule has 0 bridgehead atoms. The van der Waals surface area contributed by atoms with E-state index in [1.165, 1.54) is 27.9 Å². The molecule has 0 saturated heterocycles. The molecule has 0 aromatic heterocycles. The number of carbonyl (C=O) groups is 3. The Morgan fingerprint density at radius 2 is 1.47 bits per heavy atom. The van der Waals surface area contributed by atoms with Gasteiger partial charge in [0.25, 0.3) is 0 Å². The summed E-state index contributed by atoms with van der Waals surface area (Å²) in [6.45, 7) is 4.50. The molecule has 3 atom stereocenters. The van der Waals surface area contributed by atoms with Crippen LogP contribution in [0, 0.1) is 0 Å². The molecule has 0 aliphatic rings. The fourth-order valence-corrected chi connectivity index (χ4v) is 0.984. The summed E-state index contributed by atoms with van der Waals surface area (Å²) in [4.78, 5) is 33.8. The Balaban J connectivity index is 4.23. The minimum Gasteiger partial charge on any atom is -0.467 e. The molecule has 17 heavy (non-hydrogen) atoms. The van der Waals surface area contributed by atoms with E-state index in [-0.39, 0.29) is 0 Å². The lowest BCUT2D eigenvalue weighted by atomic mass is 10.2. The molecule has 98 valence electrons. The molecule has 0 saturated carbocycles. The van der Waals surface area contributed by atoms with E-state index in [9.17, 15) is 14.4 Å². The van der Waals surface area contributed by atoms with Gasteiger partial charge >= 0.3 is 5.97 Å². The summed E-state index contributed by atoms with van der Waals surface area (Å²) < 4.78 is 4.45. The number of hydrogen-bond acceptors (Lipinski definition) is 5. The Labute approximate surface area is 100 Å². The van der Waals surface area contributed by atoms with Crippen LogP contribution in [0.25, 0.3) is 0 Å². The summed E-state index contributed by atoms with van der Waals surface area (Å²) in [7, 11) is 1.23. The number of ether oxygens (including phenoxy) is 1. The molecule has 7 nitrogen and oxygen atoms in total. The van der Waals surface area contributed by atoms with Gasteiger partial charge in [0.2, 0.25) is 11.8 Å². The van der Waals surface area contributed by atoms with Gasteiger partial charge in [0, 0.05) is 0 Å². The van der Waals surface area contributed by atoms with Crippen molar-refractivity contribution in [2.45, 2.75) is 38.9 Å². The molecule has 0 spiro atoms. The molecule has 4 N–H and O–H groups in total. The van der Waals surface area contributed by atoms with Gasteiger partial charge in [-0.1, -0.05) is 0 Å². The molecule has 0 heterocycles. The minimum absolute atomic E-state index is 0.432. The third kappa shape index (κ3) is 5.30. The summed E-state index contributed by atoms with van der Waals surface area (Å²) in [5, 5.41) is 4.82. The van der Waals surface area contributed by atoms with E-state index in [1.807, 2.05) is 0 Å². The van der Waals surface area contributed by atoms with Crippen molar-refractivity contribution in [1.29, 1.82) is 0 Å². The molecule has 0 aromatic carbocycles. The zero-order valence-corrected chi connectivity index (χ0v) is 10.4. The van der Waals surface area contributed by atoms with Crippen LogP contribution in [0.5, 0.6) is 0 Å². The van der Waals surface area contributed by atoms with Gasteiger partial charge in [-0.15, -0.1) is 0 Å². The summed E-state index contributed by atoms with van der Waals surface area (Å²) in [6, 6.07) is -2.22. The van der Waals surface area contributed by atoms with Crippen molar-refractivity contribution in [3.63, 3.8) is 0 Å². The molecule has 0 radical (unpaired) electrons. The van der Waals surface area contributed by atoms with Gasteiger partial charge in [0.05, 0.1) is 13.2 Å². The van der Waals surface area contributed by atoms with Gasteiger partial charge in [0.1, 0.15) is 12.1 Å². The number of hydrogen-bond donors (Lipinski definition) is 3. The SMILES string of the molecule is COC(=O)C(C)NC(=O)C(C)NC(=O)C(C)N. The summed E-state index contributed by atoms with van der Waals surface area (Å²) in [5.41, 5.74) is 5.34. The maximum Gasteiger partial charge on any atom is 0.328 e. The zero-order chi connectivity index (χ0) is 13.6. The van der Waals surface area contributed by atoms with Crippen LogP contribution in [0.1, 0.15) is 20.8 Å². The first kappa shape index (κ1) is 15.4. The van der Waals surface area contributed by atoms with Crippen LogP contribution < -0.4 is 16.4 Å². The lowest BCUT2D eigenvalue weighted by Crippen LogP contribution is -2.52. The highest BCUT2D eigenvalue weighted by atomic mass is 16.5. The van der Waals surface area contributed by atoms with Gasteiger partial charge in [-0.3, -0.25) is 9.59 Å². The van der Waals surface area contributed by atoms with Crippen molar-refractivity contribution in [2.24, 2.45) is 5.73 Å². The molecule has 2 amide bonds. The number of nitrogens with one attached hydrogen (secondary N) is 2. The van der Waals surface area contributed by atoms with E-state index >= 15 is 0 Å². The Bertz CT molecular complexity index is 304. The molecule has 0 fully saturated rings. The van der Waals surface area contributed by atoms with Crippen molar-refractivity contribution in [2.75, 3.05) is 7.11 Å². The highest BCUT2D eigenvalue weighted by Crippen LogP contribution is 1.90. The van der Waals surface area contributed by atoms with Crippen molar-refractivity contribution >= 4 is 17.8 Å². The molecule has 3 unspecified atom stereocenters. The van der Waals surface area contributed by atoms with Crippen molar-refractivity contribution < 1.29 is 19.1 Å². The normalized spacial score (nSPS) is 15.4. The molecular formula is C10H19N3O4. The first-order valence-corrected chi connectivity index (χ1v) is 5.23. The first-order valence-electron chi connectivity index (χ1n) is 5.23. The number of carbonyl (C=O) groups excluding carboxylic acids is 3. The van der Waals surface area contributed by atoms with Crippen molar-refractivity contribution in [3.8, 4) is 0 Å². The second-order valence-corrected chi connectivity index (χ2v) is 3.77. The number of rotatable bonds is 5. The largest absolute Gasteiger partial charge is 0.467 e. The van der Waals surface area contributed by atoms with E-state index in [2.05, 4.69) is 15.4 Å². The molecule has 0 rings (SSSR count). The maximum atomic E-state index is 11.6. The number of amides is 2. The second kappa shape index (κ2) is 6.85. The monoisotopic (exact) mass is 245 g/mol. The lowest BCUT2D eigenvalue weighted by Gasteiger charge is -2.17. The quantitative estimate of drug-likeness (QED) is 0.511. The zero-order valence-electron chi connectivity index (χ0n) is 10.4. The van der Waals surface area contributed by atoms with E-state index in [1.54, 1.807) is 0 Å². The molecule has 0 aromatic rings. The number of esters is 1. The summed E-state index contributed by atoms with van der Waals surface area (Å²) in [6.07, 6.45) is 0. The average Bonchev–Trinajstić information content (AvgIpc) is 2.27. The molecule has 0 aliphatic heterocycles. The van der Waals surface area contributed by atoms with Gasteiger partial charge in [0.15, 0.2) is 0 Å². The van der Waals surface area contributed by atoms with Gasteiger partial charge < -0.3 is 21.1 Å². The molecule has 7 heteroatoms. The average molecular weight is 245 g/mol. The first-order chi connectivity index (χ1) is 7.79. The van der Waals surface area contributed by atoms with Crippen LogP contribution in [0.15, 0.2) is 0 Å². The fourth-order valence-electron chi connectivity index (χ4n) is 0.984. The standard InChI is InChI=1S/C10H19N3O4/c1-5(11)8(14)12-6(2)9(15)13-7(3)10(16)17-4/h5-7H,11H2,1-4H3,(H,12,14)(H,13,15). The molecular weight excluding hydrogens is 226 g/mol. The minimum atomic E-state index is -0.763. The smallest absolute Gasteiger partial charge is 0.328 e. The second-order valence-electron chi connectivity index (χ2n) is 3.77. The van der Waals surface area contributed by atoms with Gasteiger partial charge in [-0.2, -0.15) is 0 Å². The van der Waals surface area contributed by atoms with Crippen molar-refractivity contribution in [1.82, 2.24) is 10.6 Å². The predicted octanol–water partition coefficient (Wildman–Crippen LogP) is -1.48. The third-order valence-electron chi connectivity index (χ3n) is 2.08. The summed E-state index contributed by atoms with van der Waals surface area (Å²) in [5.74, 6) is -1.46. The lowest BCUT2D eigenvalue weighted by molar-refractivity contribution is -0.144. The van der Waals surface area contributed by atoms with Crippen LogP contribution in [0.3, 0.4) is 0 Å². The van der Waals surface area contributed by atoms with Crippen LogP contribution in [0.2, 0.25) is 0 Å². The van der Waals surface area contributed by atoms with Gasteiger partial charge in [-0.05, 0) is 20.8 Å². The van der Waals surface area contributed by atoms with Gasteiger partial charge in [-0.25, -0.2) is 4.79 Å². The van der Waals surface area contributed by atoms with Crippen molar-refractivity contribution in [3.05, 3.63) is 0 Å². The summed E-state index contributed by atoms with van der Waals surface area (Å²) >= 11 is 0. The van der Waals surface area contributed by atoms with E-state index in [0.717, 1.165) is 0 Å². The Morgan fingerprint density at radius 3 is 1.88 bits per heavy atom. The van der Waals surface area contributed by atoms with Crippen LogP contribution in [-0.2, 0) is 19.1 Å². The maximum absolute atomic E-state index is 11.6. The number of methoxy groups -OCH3 is 1. The highest BCUT2D eigenvalue weighted by molar-refractivity contribution is 5.91. The highest BCUT2D eigenvalue weighted by Gasteiger charge is 2.21. The topological polar surface area (TPSA) is 111 Å². The Hall–Kier alpha value is -1.63. The van der Waals surface area contributed by atoms with Crippen LogP contribution in [-0.4, -0.2) is 43.0 Å². The number of nitrogens with two attached hydrogens (primary N) is 1. The van der Waals surface area contributed by atoms with E-state index < -0.39 is 35.9 Å². The fraction of sp³-hybridized carbons (Fsp3) is 0.700. The predicted molar refractivity (Wildman–Crippen MR) is 60.9 cm³/mol. The van der Waals surface area contributed by atoms with E-state index in [0.29, 0.717) is 0 Å².